The standard InChI is InChI=1S/C79H71N3S2/c1-46-25-23-26-47(2)68(46)52-39-48(3)69(49(4)40-52)53-42-62(57-34-24-36-64-71(57)58-33-21-22-35-63(58)82(64)55-30-17-14-18-31-55)80-66(43-53)79(11,12)67-45-60-59-44-54(77(5,6)7)37-38-65(59)83-75(60)73(81-67)61-41-51-29-19-20-32-56(51)72-70(50-27-15-13-16-28-50)76(78(8,9)10)84-74(61)72/h13-45,58,63H,1-12H3. The van der Waals surface area contributed by atoms with Crippen molar-refractivity contribution in [3.05, 3.63) is 250 Å². The van der Waals surface area contributed by atoms with E-state index in [1.54, 1.807) is 0 Å². The van der Waals surface area contributed by atoms with E-state index in [9.17, 15) is 0 Å². The number of benzene rings is 8. The highest BCUT2D eigenvalue weighted by Crippen LogP contribution is 2.55. The normalized spacial score (nSPS) is 15.3. The van der Waals surface area contributed by atoms with Crippen LogP contribution in [-0.2, 0) is 16.2 Å². The number of para-hydroxylation sites is 1. The zero-order chi connectivity index (χ0) is 58.1. The minimum atomic E-state index is -0.690. The first-order valence-corrected chi connectivity index (χ1v) is 31.4. The molecule has 84 heavy (non-hydrogen) atoms. The molecule has 2 atom stereocenters. The Balaban J connectivity index is 1.05. The van der Waals surface area contributed by atoms with E-state index in [-0.39, 0.29) is 22.8 Å². The number of anilines is 2. The van der Waals surface area contributed by atoms with Gasteiger partial charge in [-0.3, -0.25) is 9.97 Å². The summed E-state index contributed by atoms with van der Waals surface area (Å²) in [5, 5.41) is 6.30. The molecule has 0 saturated carbocycles. The SMILES string of the molecule is Cc1cccc(C)c1-c1cc(C)c(-c2cc(-c3cccc4c3C3C=CC=CC3N4c3ccccc3)nc(C(C)(C)c3cc4c(sc5ccc(C(C)(C)C)cc54)c(-c4cc5ccccc5c5c(-c6ccccc6)c(C(C)(C)C)sc45)n3)c2)c(C)c1. The van der Waals surface area contributed by atoms with E-state index >= 15 is 0 Å². The molecule has 3 nitrogen and oxygen atoms in total. The van der Waals surface area contributed by atoms with E-state index in [0.29, 0.717) is 0 Å². The molecule has 0 amide bonds. The Morgan fingerprint density at radius 2 is 1.12 bits per heavy atom. The van der Waals surface area contributed by atoms with Crippen molar-refractivity contribution in [3.8, 4) is 55.9 Å². The summed E-state index contributed by atoms with van der Waals surface area (Å²) in [5.74, 6) is 0.136. The molecule has 0 radical (unpaired) electrons. The second kappa shape index (κ2) is 20.0. The van der Waals surface area contributed by atoms with Crippen LogP contribution in [0.15, 0.2) is 200 Å². The van der Waals surface area contributed by atoms with Crippen LogP contribution >= 0.6 is 22.7 Å². The number of aryl methyl sites for hydroxylation is 4. The number of hydrogen-bond donors (Lipinski definition) is 0. The predicted molar refractivity (Wildman–Crippen MR) is 363 cm³/mol. The van der Waals surface area contributed by atoms with Gasteiger partial charge in [-0.1, -0.05) is 187 Å². The first-order chi connectivity index (χ1) is 40.3. The molecule has 0 bridgehead atoms. The van der Waals surface area contributed by atoms with Gasteiger partial charge < -0.3 is 4.90 Å². The van der Waals surface area contributed by atoms with Gasteiger partial charge in [0, 0.05) is 69.8 Å². The number of pyridine rings is 2. The van der Waals surface area contributed by atoms with Crippen LogP contribution in [0.2, 0.25) is 0 Å². The van der Waals surface area contributed by atoms with Gasteiger partial charge in [0.1, 0.15) is 0 Å². The van der Waals surface area contributed by atoms with Crippen LogP contribution in [-0.4, -0.2) is 16.0 Å². The number of aromatic nitrogens is 2. The van der Waals surface area contributed by atoms with Gasteiger partial charge in [0.25, 0.3) is 0 Å². The minimum absolute atomic E-state index is 0.0352. The molecular formula is C79H71N3S2. The van der Waals surface area contributed by atoms with Crippen molar-refractivity contribution in [3.63, 3.8) is 0 Å². The third-order valence-corrected chi connectivity index (χ3v) is 20.9. The summed E-state index contributed by atoms with van der Waals surface area (Å²) in [7, 11) is 0. The molecule has 14 rings (SSSR count). The van der Waals surface area contributed by atoms with Crippen LogP contribution in [0.4, 0.5) is 11.4 Å². The Morgan fingerprint density at radius 3 is 1.85 bits per heavy atom. The van der Waals surface area contributed by atoms with E-state index in [0.717, 1.165) is 33.9 Å². The summed E-state index contributed by atoms with van der Waals surface area (Å²) in [6.45, 7) is 27.9. The first-order valence-electron chi connectivity index (χ1n) is 29.8. The molecular weight excluding hydrogens is 1060 g/mol. The molecule has 2 unspecified atom stereocenters. The number of allylic oxidation sites excluding steroid dienone is 2. The first kappa shape index (κ1) is 53.8. The molecule has 1 aliphatic heterocycles. The van der Waals surface area contributed by atoms with Crippen LogP contribution in [0.5, 0.6) is 0 Å². The van der Waals surface area contributed by atoms with Gasteiger partial charge in [0.15, 0.2) is 0 Å². The third-order valence-electron chi connectivity index (χ3n) is 18.1. The average molecular weight is 1130 g/mol. The highest BCUT2D eigenvalue weighted by molar-refractivity contribution is 7.26. The maximum Gasteiger partial charge on any atom is 0.0898 e. The van der Waals surface area contributed by atoms with Crippen molar-refractivity contribution in [2.45, 2.75) is 111 Å². The monoisotopic (exact) mass is 1130 g/mol. The minimum Gasteiger partial charge on any atom is -0.333 e. The summed E-state index contributed by atoms with van der Waals surface area (Å²) in [4.78, 5) is 16.0. The maximum atomic E-state index is 6.13. The van der Waals surface area contributed by atoms with Gasteiger partial charge in [-0.05, 0) is 179 Å². The Kier molecular flexibility index (Phi) is 12.8. The van der Waals surface area contributed by atoms with Crippen LogP contribution in [0.1, 0.15) is 111 Å². The van der Waals surface area contributed by atoms with Gasteiger partial charge in [-0.25, -0.2) is 0 Å². The molecule has 0 N–H and O–H groups in total. The molecule has 2 aliphatic rings. The molecule has 5 heteroatoms. The lowest BCUT2D eigenvalue weighted by Crippen LogP contribution is -2.28. The summed E-state index contributed by atoms with van der Waals surface area (Å²) in [6.07, 6.45) is 9.20. The van der Waals surface area contributed by atoms with E-state index in [4.69, 9.17) is 9.97 Å². The third kappa shape index (κ3) is 8.80. The number of nitrogens with zero attached hydrogens (tertiary/aromatic N) is 3. The summed E-state index contributed by atoms with van der Waals surface area (Å²) >= 11 is 3.83. The van der Waals surface area contributed by atoms with Crippen molar-refractivity contribution in [2.75, 3.05) is 4.90 Å². The van der Waals surface area contributed by atoms with Crippen LogP contribution in [0.25, 0.3) is 96.9 Å². The molecule has 4 aromatic heterocycles. The molecule has 12 aromatic rings. The Morgan fingerprint density at radius 1 is 0.464 bits per heavy atom. The van der Waals surface area contributed by atoms with Crippen molar-refractivity contribution in [1.82, 2.24) is 9.97 Å². The van der Waals surface area contributed by atoms with Gasteiger partial charge in [0.2, 0.25) is 0 Å². The highest BCUT2D eigenvalue weighted by atomic mass is 32.1. The Labute approximate surface area is 503 Å². The van der Waals surface area contributed by atoms with E-state index in [1.165, 1.54) is 124 Å². The molecule has 8 aromatic carbocycles. The average Bonchev–Trinajstić information content (AvgIpc) is 3.39. The van der Waals surface area contributed by atoms with E-state index in [1.807, 2.05) is 22.7 Å². The Bertz CT molecular complexity index is 4660. The van der Waals surface area contributed by atoms with E-state index in [2.05, 4.69) is 288 Å². The molecule has 0 fully saturated rings. The number of rotatable bonds is 8. The van der Waals surface area contributed by atoms with Crippen molar-refractivity contribution >= 4 is 75.1 Å². The molecule has 5 heterocycles. The van der Waals surface area contributed by atoms with Crippen LogP contribution in [0, 0.1) is 27.7 Å². The zero-order valence-corrected chi connectivity index (χ0v) is 52.0. The molecule has 0 spiro atoms. The van der Waals surface area contributed by atoms with Gasteiger partial charge >= 0.3 is 0 Å². The smallest absolute Gasteiger partial charge is 0.0898 e. The molecule has 0 saturated heterocycles. The quantitative estimate of drug-likeness (QED) is 0.152. The second-order valence-electron chi connectivity index (χ2n) is 26.3. The van der Waals surface area contributed by atoms with Crippen molar-refractivity contribution in [2.24, 2.45) is 0 Å². The lowest BCUT2D eigenvalue weighted by Gasteiger charge is -2.28. The predicted octanol–water partition coefficient (Wildman–Crippen LogP) is 22.4. The van der Waals surface area contributed by atoms with Crippen molar-refractivity contribution < 1.29 is 0 Å². The summed E-state index contributed by atoms with van der Waals surface area (Å²) in [6, 6.07) is 66.2. The van der Waals surface area contributed by atoms with Crippen LogP contribution < -0.4 is 4.90 Å². The molecule has 414 valence electrons. The number of thiophene rings is 2. The Hall–Kier alpha value is -8.22. The topological polar surface area (TPSA) is 29.0 Å². The lowest BCUT2D eigenvalue weighted by atomic mass is 9.81. The summed E-state index contributed by atoms with van der Waals surface area (Å²) < 4.78 is 3.76. The van der Waals surface area contributed by atoms with Gasteiger partial charge in [-0.15, -0.1) is 22.7 Å². The van der Waals surface area contributed by atoms with Gasteiger partial charge in [0.05, 0.1) is 33.5 Å². The fourth-order valence-electron chi connectivity index (χ4n) is 13.9. The summed E-state index contributed by atoms with van der Waals surface area (Å²) in [5.41, 5.74) is 23.1. The second-order valence-corrected chi connectivity index (χ2v) is 28.4. The fraction of sp³-hybridized carbons (Fsp3) is 0.215. The van der Waals surface area contributed by atoms with E-state index < -0.39 is 5.41 Å². The number of fused-ring (bicyclic) bond motifs is 9. The fourth-order valence-corrected chi connectivity index (χ4v) is 16.5. The molecule has 1 aliphatic carbocycles. The lowest BCUT2D eigenvalue weighted by molar-refractivity contribution is 0.591. The number of hydrogen-bond acceptors (Lipinski definition) is 5. The maximum absolute atomic E-state index is 6.13. The largest absolute Gasteiger partial charge is 0.333 e. The zero-order valence-electron chi connectivity index (χ0n) is 50.4. The highest BCUT2D eigenvalue weighted by Gasteiger charge is 2.40. The van der Waals surface area contributed by atoms with Crippen LogP contribution in [0.3, 0.4) is 0 Å². The van der Waals surface area contributed by atoms with Gasteiger partial charge in [-0.2, -0.15) is 0 Å². The van der Waals surface area contributed by atoms with Crippen molar-refractivity contribution in [1.29, 1.82) is 0 Å².